The summed E-state index contributed by atoms with van der Waals surface area (Å²) >= 11 is 0. The Balaban J connectivity index is 3.03. The van der Waals surface area contributed by atoms with Crippen molar-refractivity contribution in [2.24, 2.45) is 5.92 Å². The van der Waals surface area contributed by atoms with Crippen LogP contribution in [0.25, 0.3) is 0 Å². The van der Waals surface area contributed by atoms with Gasteiger partial charge >= 0.3 is 0 Å². The molecule has 13 heavy (non-hydrogen) atoms. The number of benzene rings is 1. The largest absolute Gasteiger partial charge is 0.385 e. The molecule has 1 unspecified atom stereocenters. The average molecular weight is 178 g/mol. The molecule has 0 heterocycles. The summed E-state index contributed by atoms with van der Waals surface area (Å²) in [4.78, 5) is 0. The van der Waals surface area contributed by atoms with Crippen molar-refractivity contribution in [1.29, 1.82) is 0 Å². The molecule has 1 atom stereocenters. The third-order valence-corrected chi connectivity index (χ3v) is 2.77. The van der Waals surface area contributed by atoms with E-state index in [1.54, 1.807) is 0 Å². The fraction of sp³-hybridized carbons (Fsp3) is 0.500. The summed E-state index contributed by atoms with van der Waals surface area (Å²) < 4.78 is 0. The zero-order valence-electron chi connectivity index (χ0n) is 8.62. The molecule has 0 aliphatic carbocycles. The quantitative estimate of drug-likeness (QED) is 0.754. The smallest absolute Gasteiger partial charge is 0.0916 e. The molecule has 72 valence electrons. The van der Waals surface area contributed by atoms with E-state index in [9.17, 15) is 5.11 Å². The maximum absolute atomic E-state index is 10.4. The van der Waals surface area contributed by atoms with E-state index in [-0.39, 0.29) is 5.92 Å². The van der Waals surface area contributed by atoms with Crippen LogP contribution in [-0.2, 0) is 5.60 Å². The van der Waals surface area contributed by atoms with Crippen LogP contribution in [0, 0.1) is 5.92 Å². The second-order valence-corrected chi connectivity index (χ2v) is 3.80. The molecule has 0 saturated carbocycles. The lowest BCUT2D eigenvalue weighted by atomic mass is 9.81. The van der Waals surface area contributed by atoms with E-state index < -0.39 is 5.60 Å². The number of rotatable bonds is 3. The van der Waals surface area contributed by atoms with Crippen LogP contribution in [0.4, 0.5) is 0 Å². The Morgan fingerprint density at radius 2 is 1.77 bits per heavy atom. The predicted octanol–water partition coefficient (Wildman–Crippen LogP) is 2.94. The first-order valence-corrected chi connectivity index (χ1v) is 4.89. The maximum Gasteiger partial charge on any atom is 0.0916 e. The lowest BCUT2D eigenvalue weighted by molar-refractivity contribution is -0.0140. The Morgan fingerprint density at radius 1 is 1.23 bits per heavy atom. The second-order valence-electron chi connectivity index (χ2n) is 3.80. The maximum atomic E-state index is 10.4. The fourth-order valence-corrected chi connectivity index (χ4v) is 1.67. The Kier molecular flexibility index (Phi) is 3.10. The summed E-state index contributed by atoms with van der Waals surface area (Å²) in [5, 5.41) is 10.4. The molecule has 1 heteroatoms. The molecular formula is C12H18O. The molecule has 1 aromatic carbocycles. The molecule has 0 radical (unpaired) electrons. The molecule has 0 saturated heterocycles. The molecule has 0 fully saturated rings. The molecular weight excluding hydrogens is 160 g/mol. The number of hydrogen-bond acceptors (Lipinski definition) is 1. The van der Waals surface area contributed by atoms with E-state index in [2.05, 4.69) is 13.8 Å². The molecule has 1 N–H and O–H groups in total. The van der Waals surface area contributed by atoms with Gasteiger partial charge in [0.2, 0.25) is 0 Å². The highest BCUT2D eigenvalue weighted by Gasteiger charge is 2.30. The Morgan fingerprint density at radius 3 is 2.15 bits per heavy atom. The van der Waals surface area contributed by atoms with Crippen molar-refractivity contribution < 1.29 is 5.11 Å². The van der Waals surface area contributed by atoms with Gasteiger partial charge in [-0.25, -0.2) is 0 Å². The highest BCUT2D eigenvalue weighted by Crippen LogP contribution is 2.32. The van der Waals surface area contributed by atoms with Gasteiger partial charge in [0, 0.05) is 0 Å². The van der Waals surface area contributed by atoms with Crippen LogP contribution < -0.4 is 0 Å². The van der Waals surface area contributed by atoms with Crippen molar-refractivity contribution in [2.45, 2.75) is 32.8 Å². The van der Waals surface area contributed by atoms with Gasteiger partial charge in [-0.15, -0.1) is 0 Å². The van der Waals surface area contributed by atoms with Gasteiger partial charge in [0.25, 0.3) is 0 Å². The average Bonchev–Trinajstić information content (AvgIpc) is 2.17. The van der Waals surface area contributed by atoms with Crippen molar-refractivity contribution in [3.05, 3.63) is 35.9 Å². The van der Waals surface area contributed by atoms with Gasteiger partial charge < -0.3 is 5.11 Å². The zero-order chi connectivity index (χ0) is 9.90. The van der Waals surface area contributed by atoms with E-state index in [4.69, 9.17) is 0 Å². The topological polar surface area (TPSA) is 20.2 Å². The molecule has 0 aromatic heterocycles. The van der Waals surface area contributed by atoms with Crippen molar-refractivity contribution in [1.82, 2.24) is 0 Å². The lowest BCUT2D eigenvalue weighted by Gasteiger charge is -2.31. The second kappa shape index (κ2) is 3.93. The first-order chi connectivity index (χ1) is 6.11. The van der Waals surface area contributed by atoms with Crippen LogP contribution in [0.3, 0.4) is 0 Å². The molecule has 1 nitrogen and oxygen atoms in total. The van der Waals surface area contributed by atoms with Crippen LogP contribution in [0.5, 0.6) is 0 Å². The van der Waals surface area contributed by atoms with E-state index in [0.29, 0.717) is 0 Å². The first kappa shape index (κ1) is 10.3. The summed E-state index contributed by atoms with van der Waals surface area (Å²) in [6.07, 6.45) is 0.759. The summed E-state index contributed by atoms with van der Waals surface area (Å²) in [5.74, 6) is 0.250. The van der Waals surface area contributed by atoms with Gasteiger partial charge in [-0.05, 0) is 17.9 Å². The third-order valence-electron chi connectivity index (χ3n) is 2.77. The van der Waals surface area contributed by atoms with Crippen LogP contribution in [-0.4, -0.2) is 5.11 Å². The van der Waals surface area contributed by atoms with Gasteiger partial charge in [-0.3, -0.25) is 0 Å². The minimum atomic E-state index is -0.665. The monoisotopic (exact) mass is 178 g/mol. The molecule has 1 aromatic rings. The summed E-state index contributed by atoms with van der Waals surface area (Å²) in [7, 11) is 0. The number of aliphatic hydroxyl groups is 1. The van der Waals surface area contributed by atoms with Crippen LogP contribution >= 0.6 is 0 Å². The summed E-state index contributed by atoms with van der Waals surface area (Å²) in [6, 6.07) is 9.89. The highest BCUT2D eigenvalue weighted by atomic mass is 16.3. The zero-order valence-corrected chi connectivity index (χ0v) is 8.62. The predicted molar refractivity (Wildman–Crippen MR) is 55.5 cm³/mol. The van der Waals surface area contributed by atoms with Crippen molar-refractivity contribution in [2.75, 3.05) is 0 Å². The van der Waals surface area contributed by atoms with Crippen LogP contribution in [0.1, 0.15) is 32.8 Å². The van der Waals surface area contributed by atoms with E-state index in [1.807, 2.05) is 37.3 Å². The Labute approximate surface area is 80.4 Å². The molecule has 0 aliphatic rings. The van der Waals surface area contributed by atoms with Crippen molar-refractivity contribution in [3.63, 3.8) is 0 Å². The van der Waals surface area contributed by atoms with Gasteiger partial charge in [0.15, 0.2) is 0 Å². The van der Waals surface area contributed by atoms with Crippen LogP contribution in [0.2, 0.25) is 0 Å². The third kappa shape index (κ3) is 1.92. The van der Waals surface area contributed by atoms with E-state index in [0.717, 1.165) is 12.0 Å². The molecule has 0 amide bonds. The SMILES string of the molecule is CCC(O)(c1ccccc1)C(C)C. The van der Waals surface area contributed by atoms with E-state index in [1.165, 1.54) is 0 Å². The van der Waals surface area contributed by atoms with Crippen molar-refractivity contribution >= 4 is 0 Å². The van der Waals surface area contributed by atoms with Gasteiger partial charge in [0.05, 0.1) is 5.60 Å². The molecule has 0 bridgehead atoms. The first-order valence-electron chi connectivity index (χ1n) is 4.89. The van der Waals surface area contributed by atoms with Gasteiger partial charge in [-0.2, -0.15) is 0 Å². The molecule has 0 spiro atoms. The number of hydrogen-bond donors (Lipinski definition) is 1. The highest BCUT2D eigenvalue weighted by molar-refractivity contribution is 5.22. The minimum absolute atomic E-state index is 0.250. The minimum Gasteiger partial charge on any atom is -0.385 e. The lowest BCUT2D eigenvalue weighted by Crippen LogP contribution is -2.30. The Bertz CT molecular complexity index is 253. The van der Waals surface area contributed by atoms with Gasteiger partial charge in [0.1, 0.15) is 0 Å². The fourth-order valence-electron chi connectivity index (χ4n) is 1.67. The normalized spacial score (nSPS) is 15.8. The molecule has 1 rings (SSSR count). The van der Waals surface area contributed by atoms with Crippen molar-refractivity contribution in [3.8, 4) is 0 Å². The molecule has 0 aliphatic heterocycles. The summed E-state index contributed by atoms with van der Waals surface area (Å²) in [5.41, 5.74) is 0.355. The van der Waals surface area contributed by atoms with E-state index >= 15 is 0 Å². The Hall–Kier alpha value is -0.820. The van der Waals surface area contributed by atoms with Gasteiger partial charge in [-0.1, -0.05) is 51.1 Å². The van der Waals surface area contributed by atoms with Crippen LogP contribution in [0.15, 0.2) is 30.3 Å². The standard InChI is InChI=1S/C12H18O/c1-4-12(13,10(2)3)11-8-6-5-7-9-11/h5-10,13H,4H2,1-3H3. The summed E-state index contributed by atoms with van der Waals surface area (Å²) in [6.45, 7) is 6.12.